The van der Waals surface area contributed by atoms with Crippen LogP contribution in [0.15, 0.2) is 28.9 Å². The largest absolute Gasteiger partial charge is 0.478 e. The Bertz CT molecular complexity index is 618. The van der Waals surface area contributed by atoms with E-state index in [0.717, 1.165) is 0 Å². The molecule has 0 bridgehead atoms. The first kappa shape index (κ1) is 13.1. The molecule has 0 aromatic carbocycles. The van der Waals surface area contributed by atoms with Crippen molar-refractivity contribution in [2.75, 3.05) is 0 Å². The number of nitrogens with zero attached hydrogens (tertiary/aromatic N) is 1. The molecule has 0 saturated carbocycles. The Morgan fingerprint density at radius 1 is 1.42 bits per heavy atom. The lowest BCUT2D eigenvalue weighted by Crippen LogP contribution is -2.16. The van der Waals surface area contributed by atoms with Gasteiger partial charge in [-0.05, 0) is 25.1 Å². The lowest BCUT2D eigenvalue weighted by Gasteiger charge is -2.13. The number of furan rings is 1. The van der Waals surface area contributed by atoms with Gasteiger partial charge in [0.15, 0.2) is 5.76 Å². The van der Waals surface area contributed by atoms with Crippen LogP contribution < -0.4 is 0 Å². The third-order valence-corrected chi connectivity index (χ3v) is 2.49. The quantitative estimate of drug-likeness (QED) is 0.909. The minimum absolute atomic E-state index is 0.0557. The van der Waals surface area contributed by atoms with E-state index in [-0.39, 0.29) is 17.1 Å². The number of carboxylic acids is 1. The van der Waals surface area contributed by atoms with Crippen molar-refractivity contribution in [3.8, 4) is 11.5 Å². The van der Waals surface area contributed by atoms with Gasteiger partial charge in [-0.3, -0.25) is 0 Å². The molecule has 0 radical (unpaired) electrons. The van der Waals surface area contributed by atoms with Crippen molar-refractivity contribution < 1.29 is 27.5 Å². The van der Waals surface area contributed by atoms with Gasteiger partial charge in [0.1, 0.15) is 5.69 Å². The van der Waals surface area contributed by atoms with Gasteiger partial charge in [0.25, 0.3) is 0 Å². The third kappa shape index (κ3) is 2.44. The Balaban J connectivity index is 2.71. The summed E-state index contributed by atoms with van der Waals surface area (Å²) in [5.74, 6) is -1.52. The Labute approximate surface area is 105 Å². The van der Waals surface area contributed by atoms with Crippen molar-refractivity contribution in [1.29, 1.82) is 0 Å². The number of aromatic carboxylic acids is 1. The smallest absolute Gasteiger partial charge is 0.417 e. The van der Waals surface area contributed by atoms with Gasteiger partial charge in [-0.15, -0.1) is 0 Å². The number of aromatic nitrogens is 1. The number of carboxylic acid groups (broad SMARTS) is 1. The predicted octanol–water partition coefficient (Wildman–Crippen LogP) is 3.37. The van der Waals surface area contributed by atoms with Gasteiger partial charge in [0.2, 0.25) is 0 Å². The molecule has 0 atom stereocenters. The molecule has 0 unspecified atom stereocenters. The number of hydrogen-bond acceptors (Lipinski definition) is 3. The second-order valence-electron chi connectivity index (χ2n) is 3.80. The molecule has 7 heteroatoms. The molecule has 0 aliphatic carbocycles. The molecule has 100 valence electrons. The van der Waals surface area contributed by atoms with Crippen LogP contribution in [0.5, 0.6) is 0 Å². The average Bonchev–Trinajstić information content (AvgIpc) is 2.79. The normalized spacial score (nSPS) is 11.6. The topological polar surface area (TPSA) is 63.3 Å². The summed E-state index contributed by atoms with van der Waals surface area (Å²) in [6, 6.07) is 3.63. The number of pyridine rings is 1. The number of rotatable bonds is 2. The van der Waals surface area contributed by atoms with E-state index in [1.165, 1.54) is 25.3 Å². The Kier molecular flexibility index (Phi) is 3.05. The molecule has 2 aromatic heterocycles. The van der Waals surface area contributed by atoms with Crippen molar-refractivity contribution in [2.45, 2.75) is 13.1 Å². The zero-order valence-electron chi connectivity index (χ0n) is 9.65. The molecule has 0 saturated heterocycles. The van der Waals surface area contributed by atoms with Crippen LogP contribution in [-0.2, 0) is 6.18 Å². The SMILES string of the molecule is Cc1nc(-c2ccco2)cc(C(F)(F)F)c1C(=O)O. The van der Waals surface area contributed by atoms with Crippen molar-refractivity contribution in [2.24, 2.45) is 0 Å². The molecule has 0 aliphatic rings. The summed E-state index contributed by atoms with van der Waals surface area (Å²) in [5.41, 5.74) is -2.35. The maximum atomic E-state index is 12.9. The first-order valence-corrected chi connectivity index (χ1v) is 5.16. The molecule has 19 heavy (non-hydrogen) atoms. The van der Waals surface area contributed by atoms with Crippen LogP contribution in [0.1, 0.15) is 21.6 Å². The second kappa shape index (κ2) is 4.42. The maximum absolute atomic E-state index is 12.9. The van der Waals surface area contributed by atoms with Gasteiger partial charge in [-0.2, -0.15) is 13.2 Å². The zero-order valence-corrected chi connectivity index (χ0v) is 9.65. The molecular weight excluding hydrogens is 263 g/mol. The number of halogens is 3. The summed E-state index contributed by atoms with van der Waals surface area (Å²) in [5, 5.41) is 8.87. The van der Waals surface area contributed by atoms with Crippen LogP contribution >= 0.6 is 0 Å². The van der Waals surface area contributed by atoms with Gasteiger partial charge in [0.05, 0.1) is 23.1 Å². The van der Waals surface area contributed by atoms with Crippen molar-refractivity contribution >= 4 is 5.97 Å². The van der Waals surface area contributed by atoms with Crippen LogP contribution in [0.4, 0.5) is 13.2 Å². The molecule has 4 nitrogen and oxygen atoms in total. The van der Waals surface area contributed by atoms with Crippen molar-refractivity contribution in [3.05, 3.63) is 41.3 Å². The lowest BCUT2D eigenvalue weighted by atomic mass is 10.0. The molecule has 0 amide bonds. The van der Waals surface area contributed by atoms with E-state index in [1.54, 1.807) is 0 Å². The number of alkyl halides is 3. The molecule has 2 heterocycles. The molecule has 0 aliphatic heterocycles. The van der Waals surface area contributed by atoms with Crippen LogP contribution in [0, 0.1) is 6.92 Å². The summed E-state index contributed by atoms with van der Waals surface area (Å²) in [6.45, 7) is 1.21. The fourth-order valence-electron chi connectivity index (χ4n) is 1.72. The maximum Gasteiger partial charge on any atom is 0.417 e. The van der Waals surface area contributed by atoms with E-state index in [2.05, 4.69) is 4.98 Å². The first-order valence-electron chi connectivity index (χ1n) is 5.16. The predicted molar refractivity (Wildman–Crippen MR) is 58.6 cm³/mol. The minimum atomic E-state index is -4.78. The van der Waals surface area contributed by atoms with Crippen LogP contribution in [0.2, 0.25) is 0 Å². The van der Waals surface area contributed by atoms with E-state index in [0.29, 0.717) is 6.07 Å². The summed E-state index contributed by atoms with van der Waals surface area (Å²) < 4.78 is 43.6. The number of aryl methyl sites for hydroxylation is 1. The monoisotopic (exact) mass is 271 g/mol. The molecule has 2 aromatic rings. The summed E-state index contributed by atoms with van der Waals surface area (Å²) in [7, 11) is 0. The highest BCUT2D eigenvalue weighted by Gasteiger charge is 2.37. The molecule has 0 fully saturated rings. The minimum Gasteiger partial charge on any atom is -0.478 e. The Morgan fingerprint density at radius 2 is 2.11 bits per heavy atom. The Morgan fingerprint density at radius 3 is 2.58 bits per heavy atom. The first-order chi connectivity index (χ1) is 8.80. The highest BCUT2D eigenvalue weighted by molar-refractivity contribution is 5.91. The van der Waals surface area contributed by atoms with E-state index < -0.39 is 23.3 Å². The lowest BCUT2D eigenvalue weighted by molar-refractivity contribution is -0.138. The molecular formula is C12H8F3NO3. The highest BCUT2D eigenvalue weighted by Crippen LogP contribution is 2.35. The van der Waals surface area contributed by atoms with Crippen molar-refractivity contribution in [3.63, 3.8) is 0 Å². The van der Waals surface area contributed by atoms with Gasteiger partial charge < -0.3 is 9.52 Å². The molecule has 0 spiro atoms. The summed E-state index contributed by atoms with van der Waals surface area (Å²) >= 11 is 0. The second-order valence-corrected chi connectivity index (χ2v) is 3.80. The number of carbonyl (C=O) groups is 1. The van der Waals surface area contributed by atoms with Gasteiger partial charge in [-0.25, -0.2) is 9.78 Å². The Hall–Kier alpha value is -2.31. The zero-order chi connectivity index (χ0) is 14.2. The van der Waals surface area contributed by atoms with Crippen molar-refractivity contribution in [1.82, 2.24) is 4.98 Å². The van der Waals surface area contributed by atoms with Gasteiger partial charge in [-0.1, -0.05) is 0 Å². The number of hydrogen-bond donors (Lipinski definition) is 1. The van der Waals surface area contributed by atoms with E-state index in [4.69, 9.17) is 9.52 Å². The van der Waals surface area contributed by atoms with E-state index in [9.17, 15) is 18.0 Å². The van der Waals surface area contributed by atoms with E-state index >= 15 is 0 Å². The van der Waals surface area contributed by atoms with Crippen LogP contribution in [0.3, 0.4) is 0 Å². The van der Waals surface area contributed by atoms with Crippen LogP contribution in [0.25, 0.3) is 11.5 Å². The average molecular weight is 271 g/mol. The summed E-state index contributed by atoms with van der Waals surface area (Å²) in [6.07, 6.45) is -3.48. The third-order valence-electron chi connectivity index (χ3n) is 2.49. The van der Waals surface area contributed by atoms with E-state index in [1.807, 2.05) is 0 Å². The molecule has 2 rings (SSSR count). The highest BCUT2D eigenvalue weighted by atomic mass is 19.4. The summed E-state index contributed by atoms with van der Waals surface area (Å²) in [4.78, 5) is 14.8. The fraction of sp³-hybridized carbons (Fsp3) is 0.167. The van der Waals surface area contributed by atoms with Gasteiger partial charge in [0, 0.05) is 0 Å². The van der Waals surface area contributed by atoms with Gasteiger partial charge >= 0.3 is 12.1 Å². The molecule has 1 N–H and O–H groups in total. The standard InChI is InChI=1S/C12H8F3NO3/c1-6-10(11(17)18)7(12(13,14)15)5-8(16-6)9-3-2-4-19-9/h2-5H,1H3,(H,17,18). The van der Waals surface area contributed by atoms with Crippen LogP contribution in [-0.4, -0.2) is 16.1 Å². The fourth-order valence-corrected chi connectivity index (χ4v) is 1.72.